The van der Waals surface area contributed by atoms with Gasteiger partial charge in [-0.1, -0.05) is 25.1 Å². The molecule has 2 heterocycles. The van der Waals surface area contributed by atoms with Gasteiger partial charge in [0.1, 0.15) is 11.5 Å². The van der Waals surface area contributed by atoms with Crippen LogP contribution in [0.5, 0.6) is 11.5 Å². The van der Waals surface area contributed by atoms with Gasteiger partial charge in [0.05, 0.1) is 5.69 Å². The lowest BCUT2D eigenvalue weighted by atomic mass is 9.85. The van der Waals surface area contributed by atoms with Gasteiger partial charge in [0.25, 0.3) is 0 Å². The van der Waals surface area contributed by atoms with Crippen LogP contribution in [-0.4, -0.2) is 11.5 Å². The Kier molecular flexibility index (Phi) is 2.76. The van der Waals surface area contributed by atoms with Crippen molar-refractivity contribution in [1.82, 2.24) is 4.98 Å². The van der Waals surface area contributed by atoms with E-state index in [0.29, 0.717) is 12.5 Å². The van der Waals surface area contributed by atoms with Crippen molar-refractivity contribution in [2.45, 2.75) is 18.8 Å². The molecule has 1 aliphatic rings. The fourth-order valence-electron chi connectivity index (χ4n) is 2.60. The Labute approximate surface area is 107 Å². The van der Waals surface area contributed by atoms with Gasteiger partial charge in [-0.25, -0.2) is 0 Å². The molecule has 1 aromatic carbocycles. The number of pyridine rings is 1. The Balaban J connectivity index is 2.20. The monoisotopic (exact) mass is 240 g/mol. The third-order valence-electron chi connectivity index (χ3n) is 3.64. The van der Waals surface area contributed by atoms with Gasteiger partial charge < -0.3 is 10.5 Å². The fraction of sp³-hybridized carbons (Fsp3) is 0.267. The molecule has 0 spiro atoms. The van der Waals surface area contributed by atoms with Crippen molar-refractivity contribution in [1.29, 1.82) is 0 Å². The largest absolute Gasteiger partial charge is 0.455 e. The zero-order valence-corrected chi connectivity index (χ0v) is 10.3. The van der Waals surface area contributed by atoms with Crippen LogP contribution in [0.15, 0.2) is 42.6 Å². The zero-order valence-electron chi connectivity index (χ0n) is 10.3. The Morgan fingerprint density at radius 1 is 1.17 bits per heavy atom. The molecule has 0 fully saturated rings. The molecule has 2 N–H and O–H groups in total. The molecule has 0 saturated carbocycles. The summed E-state index contributed by atoms with van der Waals surface area (Å²) >= 11 is 0. The van der Waals surface area contributed by atoms with E-state index in [4.69, 9.17) is 10.5 Å². The molecule has 3 nitrogen and oxygen atoms in total. The third-order valence-corrected chi connectivity index (χ3v) is 3.64. The number of rotatable bonds is 1. The molecule has 18 heavy (non-hydrogen) atoms. The molecule has 3 heteroatoms. The van der Waals surface area contributed by atoms with E-state index in [1.165, 1.54) is 5.56 Å². The van der Waals surface area contributed by atoms with Crippen molar-refractivity contribution < 1.29 is 4.74 Å². The first kappa shape index (κ1) is 11.2. The molecule has 0 bridgehead atoms. The SMILES string of the molecule is C[C@@H]1c2ccccc2Oc2cccnc2[C@H]1CN. The van der Waals surface area contributed by atoms with Crippen molar-refractivity contribution in [3.8, 4) is 11.5 Å². The summed E-state index contributed by atoms with van der Waals surface area (Å²) < 4.78 is 5.99. The minimum atomic E-state index is 0.199. The second-order valence-corrected chi connectivity index (χ2v) is 4.66. The molecule has 0 radical (unpaired) electrons. The van der Waals surface area contributed by atoms with Crippen LogP contribution in [0.1, 0.15) is 30.0 Å². The lowest BCUT2D eigenvalue weighted by Gasteiger charge is -2.20. The van der Waals surface area contributed by atoms with Crippen molar-refractivity contribution >= 4 is 0 Å². The Hall–Kier alpha value is -1.87. The van der Waals surface area contributed by atoms with E-state index < -0.39 is 0 Å². The Morgan fingerprint density at radius 2 is 1.94 bits per heavy atom. The van der Waals surface area contributed by atoms with Crippen LogP contribution in [0.2, 0.25) is 0 Å². The summed E-state index contributed by atoms with van der Waals surface area (Å²) in [6.07, 6.45) is 1.80. The van der Waals surface area contributed by atoms with Crippen molar-refractivity contribution in [3.63, 3.8) is 0 Å². The van der Waals surface area contributed by atoms with Crippen molar-refractivity contribution in [2.75, 3.05) is 6.54 Å². The first-order valence-electron chi connectivity index (χ1n) is 6.23. The molecular weight excluding hydrogens is 224 g/mol. The van der Waals surface area contributed by atoms with Crippen LogP contribution < -0.4 is 10.5 Å². The maximum absolute atomic E-state index is 5.99. The predicted molar refractivity (Wildman–Crippen MR) is 71.0 cm³/mol. The molecule has 1 aliphatic heterocycles. The maximum atomic E-state index is 5.99. The number of hydrogen-bond donors (Lipinski definition) is 1. The molecule has 0 unspecified atom stereocenters. The number of hydrogen-bond acceptors (Lipinski definition) is 3. The predicted octanol–water partition coefficient (Wildman–Crippen LogP) is 3.03. The Bertz CT molecular complexity index is 568. The van der Waals surface area contributed by atoms with Crippen LogP contribution in [0.25, 0.3) is 0 Å². The number of ether oxygens (including phenoxy) is 1. The molecule has 0 aliphatic carbocycles. The van der Waals surface area contributed by atoms with E-state index in [1.54, 1.807) is 6.20 Å². The fourth-order valence-corrected chi connectivity index (χ4v) is 2.60. The van der Waals surface area contributed by atoms with E-state index in [0.717, 1.165) is 17.2 Å². The molecule has 0 saturated heterocycles. The second kappa shape index (κ2) is 4.42. The standard InChI is InChI=1S/C15H16N2O/c1-10-11-5-2-3-6-13(11)18-14-7-4-8-17-15(14)12(10)9-16/h2-8,10,12H,9,16H2,1H3/t10-,12+/m1/s1. The Morgan fingerprint density at radius 3 is 2.78 bits per heavy atom. The molecule has 2 aromatic rings. The third kappa shape index (κ3) is 1.68. The number of aromatic nitrogens is 1. The van der Waals surface area contributed by atoms with Crippen LogP contribution in [-0.2, 0) is 0 Å². The first-order valence-corrected chi connectivity index (χ1v) is 6.23. The van der Waals surface area contributed by atoms with Gasteiger partial charge >= 0.3 is 0 Å². The zero-order chi connectivity index (χ0) is 12.5. The van der Waals surface area contributed by atoms with Gasteiger partial charge in [0.2, 0.25) is 0 Å². The normalized spacial score (nSPS) is 21.4. The molecule has 0 amide bonds. The van der Waals surface area contributed by atoms with Gasteiger partial charge in [0.15, 0.2) is 0 Å². The van der Waals surface area contributed by atoms with Gasteiger partial charge in [-0.2, -0.15) is 0 Å². The maximum Gasteiger partial charge on any atom is 0.149 e. The summed E-state index contributed by atoms with van der Waals surface area (Å²) in [5.41, 5.74) is 8.10. The highest BCUT2D eigenvalue weighted by Crippen LogP contribution is 2.44. The van der Waals surface area contributed by atoms with E-state index >= 15 is 0 Å². The molecule has 3 rings (SSSR count). The average molecular weight is 240 g/mol. The second-order valence-electron chi connectivity index (χ2n) is 4.66. The van der Waals surface area contributed by atoms with Gasteiger partial charge in [-0.15, -0.1) is 0 Å². The number of para-hydroxylation sites is 1. The van der Waals surface area contributed by atoms with Crippen LogP contribution in [0.4, 0.5) is 0 Å². The smallest absolute Gasteiger partial charge is 0.149 e. The minimum absolute atomic E-state index is 0.199. The number of benzene rings is 1. The summed E-state index contributed by atoms with van der Waals surface area (Å²) in [5.74, 6) is 2.24. The van der Waals surface area contributed by atoms with Crippen molar-refractivity contribution in [2.24, 2.45) is 5.73 Å². The highest BCUT2D eigenvalue weighted by atomic mass is 16.5. The number of fused-ring (bicyclic) bond motifs is 2. The summed E-state index contributed by atoms with van der Waals surface area (Å²) in [7, 11) is 0. The summed E-state index contributed by atoms with van der Waals surface area (Å²) in [6.45, 7) is 2.76. The average Bonchev–Trinajstić information content (AvgIpc) is 2.53. The van der Waals surface area contributed by atoms with E-state index in [2.05, 4.69) is 18.0 Å². The quantitative estimate of drug-likeness (QED) is 0.833. The number of nitrogens with two attached hydrogens (primary N) is 1. The summed E-state index contributed by atoms with van der Waals surface area (Å²) in [5, 5.41) is 0. The van der Waals surface area contributed by atoms with E-state index in [9.17, 15) is 0 Å². The summed E-state index contributed by atoms with van der Waals surface area (Å²) in [6, 6.07) is 12.0. The van der Waals surface area contributed by atoms with E-state index in [-0.39, 0.29) is 5.92 Å². The van der Waals surface area contributed by atoms with Gasteiger partial charge in [-0.05, 0) is 29.7 Å². The molecular formula is C15H16N2O. The minimum Gasteiger partial charge on any atom is -0.455 e. The van der Waals surface area contributed by atoms with Gasteiger partial charge in [0, 0.05) is 18.7 Å². The highest BCUT2D eigenvalue weighted by molar-refractivity contribution is 5.46. The van der Waals surface area contributed by atoms with Crippen molar-refractivity contribution in [3.05, 3.63) is 53.9 Å². The van der Waals surface area contributed by atoms with Gasteiger partial charge in [-0.3, -0.25) is 4.98 Å². The van der Waals surface area contributed by atoms with Crippen LogP contribution in [0, 0.1) is 0 Å². The lowest BCUT2D eigenvalue weighted by molar-refractivity contribution is 0.474. The van der Waals surface area contributed by atoms with E-state index in [1.807, 2.05) is 30.3 Å². The van der Waals surface area contributed by atoms with Crippen LogP contribution >= 0.6 is 0 Å². The molecule has 92 valence electrons. The number of nitrogens with zero attached hydrogens (tertiary/aromatic N) is 1. The highest BCUT2D eigenvalue weighted by Gasteiger charge is 2.29. The molecule has 2 atom stereocenters. The lowest BCUT2D eigenvalue weighted by Crippen LogP contribution is -2.18. The molecule has 1 aromatic heterocycles. The first-order chi connectivity index (χ1) is 8.81. The topological polar surface area (TPSA) is 48.1 Å². The summed E-state index contributed by atoms with van der Waals surface area (Å²) in [4.78, 5) is 4.46. The van der Waals surface area contributed by atoms with Crippen LogP contribution in [0.3, 0.4) is 0 Å².